The van der Waals surface area contributed by atoms with Crippen molar-refractivity contribution in [1.29, 1.82) is 5.26 Å². The number of carbonyl (C=O) groups excluding carboxylic acids is 1. The molecule has 0 saturated heterocycles. The van der Waals surface area contributed by atoms with Gasteiger partial charge in [0.15, 0.2) is 11.5 Å². The first-order valence-corrected chi connectivity index (χ1v) is 8.40. The third-order valence-corrected chi connectivity index (χ3v) is 4.15. The molecule has 0 fully saturated rings. The van der Waals surface area contributed by atoms with Crippen LogP contribution >= 0.6 is 0 Å². The lowest BCUT2D eigenvalue weighted by molar-refractivity contribution is 0.0949. The van der Waals surface area contributed by atoms with Gasteiger partial charge in [-0.1, -0.05) is 0 Å². The number of hydrogen-bond acceptors (Lipinski definition) is 5. The topological polar surface area (TPSA) is 96.0 Å². The molecule has 136 valence electrons. The second-order valence-corrected chi connectivity index (χ2v) is 5.98. The second-order valence-electron chi connectivity index (χ2n) is 5.98. The monoisotopic (exact) mass is 372 g/mol. The third-order valence-electron chi connectivity index (χ3n) is 4.15. The molecule has 0 spiro atoms. The molecule has 0 saturated carbocycles. The zero-order valence-corrected chi connectivity index (χ0v) is 14.5. The molecule has 2 aromatic heterocycles. The summed E-state index contributed by atoms with van der Waals surface area (Å²) in [6.07, 6.45) is 0. The van der Waals surface area contributed by atoms with Gasteiger partial charge in [-0.05, 0) is 60.7 Å². The number of rotatable bonds is 4. The quantitative estimate of drug-likeness (QED) is 0.594. The standard InChI is InChI=1S/C20H13FN6O/c21-16-7-5-14(6-8-16)17-9-10-18-24-25-19(27(18)26-17)12-23-20(28)15-3-1-13(11-22)2-4-15/h1-10H,12H2,(H,23,28). The maximum atomic E-state index is 13.1. The molecule has 8 heteroatoms. The highest BCUT2D eigenvalue weighted by Crippen LogP contribution is 2.18. The molecule has 28 heavy (non-hydrogen) atoms. The zero-order valence-electron chi connectivity index (χ0n) is 14.5. The first-order chi connectivity index (χ1) is 13.6. The Morgan fingerprint density at radius 2 is 1.79 bits per heavy atom. The van der Waals surface area contributed by atoms with Gasteiger partial charge in [-0.2, -0.15) is 14.9 Å². The molecule has 0 radical (unpaired) electrons. The Hall–Kier alpha value is -4.12. The number of amides is 1. The largest absolute Gasteiger partial charge is 0.345 e. The number of carbonyl (C=O) groups is 1. The first kappa shape index (κ1) is 17.3. The van der Waals surface area contributed by atoms with Crippen molar-refractivity contribution >= 4 is 11.6 Å². The molecule has 1 N–H and O–H groups in total. The van der Waals surface area contributed by atoms with Crippen LogP contribution in [0, 0.1) is 17.1 Å². The fourth-order valence-electron chi connectivity index (χ4n) is 2.68. The van der Waals surface area contributed by atoms with Crippen LogP contribution in [0.15, 0.2) is 60.7 Å². The summed E-state index contributed by atoms with van der Waals surface area (Å²) in [5.74, 6) is -0.155. The summed E-state index contributed by atoms with van der Waals surface area (Å²) < 4.78 is 14.7. The number of hydrogen-bond donors (Lipinski definition) is 1. The van der Waals surface area contributed by atoms with E-state index in [1.807, 2.05) is 6.07 Å². The highest BCUT2D eigenvalue weighted by Gasteiger charge is 2.11. The van der Waals surface area contributed by atoms with Gasteiger partial charge >= 0.3 is 0 Å². The van der Waals surface area contributed by atoms with Crippen molar-refractivity contribution in [3.8, 4) is 17.3 Å². The van der Waals surface area contributed by atoms with Gasteiger partial charge in [0.25, 0.3) is 5.91 Å². The Kier molecular flexibility index (Phi) is 4.48. The van der Waals surface area contributed by atoms with Crippen molar-refractivity contribution in [2.45, 2.75) is 6.54 Å². The molecule has 4 rings (SSSR count). The third kappa shape index (κ3) is 3.41. The van der Waals surface area contributed by atoms with E-state index >= 15 is 0 Å². The summed E-state index contributed by atoms with van der Waals surface area (Å²) in [5.41, 5.74) is 2.84. The first-order valence-electron chi connectivity index (χ1n) is 8.40. The Morgan fingerprint density at radius 3 is 2.50 bits per heavy atom. The van der Waals surface area contributed by atoms with Crippen LogP contribution in [0.3, 0.4) is 0 Å². The van der Waals surface area contributed by atoms with Gasteiger partial charge in [0, 0.05) is 11.1 Å². The van der Waals surface area contributed by atoms with Crippen molar-refractivity contribution in [1.82, 2.24) is 25.1 Å². The Bertz CT molecular complexity index is 1190. The minimum absolute atomic E-state index is 0.125. The van der Waals surface area contributed by atoms with Gasteiger partial charge in [-0.25, -0.2) is 4.39 Å². The Morgan fingerprint density at radius 1 is 1.04 bits per heavy atom. The second kappa shape index (κ2) is 7.25. The average molecular weight is 372 g/mol. The smallest absolute Gasteiger partial charge is 0.251 e. The van der Waals surface area contributed by atoms with Gasteiger partial charge in [0.05, 0.1) is 23.9 Å². The molecule has 1 amide bonds. The minimum atomic E-state index is -0.319. The number of nitrogens with one attached hydrogen (secondary N) is 1. The fraction of sp³-hybridized carbons (Fsp3) is 0.0500. The summed E-state index contributed by atoms with van der Waals surface area (Å²) in [5, 5.41) is 24.2. The molecule has 0 bridgehead atoms. The number of aromatic nitrogens is 4. The minimum Gasteiger partial charge on any atom is -0.345 e. The van der Waals surface area contributed by atoms with E-state index in [1.54, 1.807) is 48.5 Å². The van der Waals surface area contributed by atoms with Crippen LogP contribution in [0.4, 0.5) is 4.39 Å². The molecule has 2 heterocycles. The maximum absolute atomic E-state index is 13.1. The number of halogens is 1. The Labute approximate surface area is 159 Å². The fourth-order valence-corrected chi connectivity index (χ4v) is 2.68. The SMILES string of the molecule is N#Cc1ccc(C(=O)NCc2nnc3ccc(-c4ccc(F)cc4)nn23)cc1. The molecule has 7 nitrogen and oxygen atoms in total. The van der Waals surface area contributed by atoms with Gasteiger partial charge in [0.2, 0.25) is 0 Å². The highest BCUT2D eigenvalue weighted by molar-refractivity contribution is 5.94. The summed E-state index contributed by atoms with van der Waals surface area (Å²) in [6.45, 7) is 0.125. The van der Waals surface area contributed by atoms with Crippen LogP contribution in [0.2, 0.25) is 0 Å². The molecule has 0 atom stereocenters. The summed E-state index contributed by atoms with van der Waals surface area (Å²) >= 11 is 0. The molecular weight excluding hydrogens is 359 g/mol. The van der Waals surface area contributed by atoms with Gasteiger partial charge in [-0.3, -0.25) is 4.79 Å². The Balaban J connectivity index is 1.55. The van der Waals surface area contributed by atoms with Crippen molar-refractivity contribution in [2.75, 3.05) is 0 Å². The van der Waals surface area contributed by atoms with Crippen LogP contribution in [0.5, 0.6) is 0 Å². The highest BCUT2D eigenvalue weighted by atomic mass is 19.1. The molecule has 0 aliphatic heterocycles. The summed E-state index contributed by atoms with van der Waals surface area (Å²) in [4.78, 5) is 12.3. The lowest BCUT2D eigenvalue weighted by Gasteiger charge is -2.05. The van der Waals surface area contributed by atoms with E-state index in [0.717, 1.165) is 5.56 Å². The molecule has 0 aliphatic carbocycles. The van der Waals surface area contributed by atoms with Gasteiger partial charge in [-0.15, -0.1) is 10.2 Å². The van der Waals surface area contributed by atoms with Crippen LogP contribution in [-0.4, -0.2) is 25.7 Å². The van der Waals surface area contributed by atoms with Crippen molar-refractivity contribution in [3.63, 3.8) is 0 Å². The predicted molar refractivity (Wildman–Crippen MR) is 98.5 cm³/mol. The molecule has 2 aromatic carbocycles. The van der Waals surface area contributed by atoms with E-state index < -0.39 is 0 Å². The predicted octanol–water partition coefficient (Wildman–Crippen LogP) is 2.73. The van der Waals surface area contributed by atoms with Gasteiger partial charge < -0.3 is 5.32 Å². The lowest BCUT2D eigenvalue weighted by Crippen LogP contribution is -2.24. The van der Waals surface area contributed by atoms with E-state index in [4.69, 9.17) is 5.26 Å². The zero-order chi connectivity index (χ0) is 19.5. The van der Waals surface area contributed by atoms with Crippen LogP contribution < -0.4 is 5.32 Å². The van der Waals surface area contributed by atoms with Gasteiger partial charge in [0.1, 0.15) is 5.82 Å². The van der Waals surface area contributed by atoms with Crippen LogP contribution in [0.25, 0.3) is 16.9 Å². The van der Waals surface area contributed by atoms with Crippen LogP contribution in [-0.2, 0) is 6.54 Å². The van der Waals surface area contributed by atoms with Crippen molar-refractivity contribution in [2.24, 2.45) is 0 Å². The maximum Gasteiger partial charge on any atom is 0.251 e. The molecule has 4 aromatic rings. The summed E-state index contributed by atoms with van der Waals surface area (Å²) in [6, 6.07) is 17.9. The number of benzene rings is 2. The number of nitriles is 1. The summed E-state index contributed by atoms with van der Waals surface area (Å²) in [7, 11) is 0. The molecule has 0 aliphatic rings. The number of nitrogens with zero attached hydrogens (tertiary/aromatic N) is 5. The van der Waals surface area contributed by atoms with E-state index in [0.29, 0.717) is 28.3 Å². The normalized spacial score (nSPS) is 10.6. The van der Waals surface area contributed by atoms with E-state index in [-0.39, 0.29) is 18.3 Å². The van der Waals surface area contributed by atoms with E-state index in [1.165, 1.54) is 16.6 Å². The number of fused-ring (bicyclic) bond motifs is 1. The van der Waals surface area contributed by atoms with E-state index in [9.17, 15) is 9.18 Å². The molecular formula is C20H13FN6O. The van der Waals surface area contributed by atoms with E-state index in [2.05, 4.69) is 20.6 Å². The average Bonchev–Trinajstić information content (AvgIpc) is 3.15. The lowest BCUT2D eigenvalue weighted by atomic mass is 10.1. The van der Waals surface area contributed by atoms with Crippen molar-refractivity contribution in [3.05, 3.63) is 83.4 Å². The molecule has 0 unspecified atom stereocenters. The van der Waals surface area contributed by atoms with Crippen LogP contribution in [0.1, 0.15) is 21.7 Å². The van der Waals surface area contributed by atoms with Crippen molar-refractivity contribution < 1.29 is 9.18 Å².